The molecule has 1 heterocycles. The Balaban J connectivity index is 2.14. The van der Waals surface area contributed by atoms with Crippen LogP contribution in [0.25, 0.3) is 17.1 Å². The summed E-state index contributed by atoms with van der Waals surface area (Å²) in [6.45, 7) is 0. The Labute approximate surface area is 123 Å². The van der Waals surface area contributed by atoms with Crippen LogP contribution < -0.4 is 5.73 Å². The summed E-state index contributed by atoms with van der Waals surface area (Å²) in [4.78, 5) is 0. The molecule has 0 amide bonds. The van der Waals surface area contributed by atoms with Crippen LogP contribution in [0.5, 0.6) is 0 Å². The average molecular weight is 308 g/mol. The molecule has 0 radical (unpaired) electrons. The second-order valence-corrected chi connectivity index (χ2v) is 4.71. The molecule has 0 aliphatic heterocycles. The van der Waals surface area contributed by atoms with Crippen molar-refractivity contribution >= 4 is 17.3 Å². The van der Waals surface area contributed by atoms with Crippen molar-refractivity contribution in [1.29, 1.82) is 0 Å². The number of halogens is 3. The van der Waals surface area contributed by atoms with E-state index in [1.807, 2.05) is 0 Å². The van der Waals surface area contributed by atoms with Crippen LogP contribution in [0, 0.1) is 11.6 Å². The third kappa shape index (κ3) is 2.55. The van der Waals surface area contributed by atoms with E-state index >= 15 is 0 Å². The summed E-state index contributed by atoms with van der Waals surface area (Å²) in [7, 11) is 0. The van der Waals surface area contributed by atoms with Gasteiger partial charge in [-0.1, -0.05) is 11.6 Å². The van der Waals surface area contributed by atoms with Crippen molar-refractivity contribution in [2.45, 2.75) is 0 Å². The van der Waals surface area contributed by atoms with Gasteiger partial charge >= 0.3 is 0 Å². The molecule has 0 unspecified atom stereocenters. The summed E-state index contributed by atoms with van der Waals surface area (Å²) in [6, 6.07) is 8.01. The van der Waals surface area contributed by atoms with Gasteiger partial charge in [0.05, 0.1) is 11.4 Å². The monoisotopic (exact) mass is 307 g/mol. The topological polar surface area (TPSA) is 69.6 Å². The first-order valence-corrected chi connectivity index (χ1v) is 6.22. The molecule has 106 valence electrons. The number of tetrazole rings is 1. The van der Waals surface area contributed by atoms with Crippen molar-refractivity contribution in [3.8, 4) is 17.1 Å². The Kier molecular flexibility index (Phi) is 3.26. The van der Waals surface area contributed by atoms with Crippen molar-refractivity contribution in [3.05, 3.63) is 53.1 Å². The lowest BCUT2D eigenvalue weighted by atomic mass is 10.2. The average Bonchev–Trinajstić information content (AvgIpc) is 2.90. The molecule has 0 spiro atoms. The van der Waals surface area contributed by atoms with Crippen molar-refractivity contribution in [2.75, 3.05) is 5.73 Å². The molecule has 1 aromatic heterocycles. The number of nitrogens with two attached hydrogens (primary N) is 1. The number of hydrogen-bond donors (Lipinski definition) is 1. The summed E-state index contributed by atoms with van der Waals surface area (Å²) in [5, 5.41) is 11.4. The van der Waals surface area contributed by atoms with E-state index in [0.29, 0.717) is 17.1 Å². The van der Waals surface area contributed by atoms with E-state index in [2.05, 4.69) is 15.5 Å². The third-order valence-electron chi connectivity index (χ3n) is 2.82. The van der Waals surface area contributed by atoms with Crippen LogP contribution in [-0.4, -0.2) is 20.2 Å². The first-order chi connectivity index (χ1) is 10.0. The predicted molar refractivity (Wildman–Crippen MR) is 73.9 cm³/mol. The Morgan fingerprint density at radius 2 is 1.90 bits per heavy atom. The van der Waals surface area contributed by atoms with Crippen molar-refractivity contribution < 1.29 is 8.78 Å². The molecule has 0 bridgehead atoms. The fourth-order valence-corrected chi connectivity index (χ4v) is 2.10. The highest BCUT2D eigenvalue weighted by Gasteiger charge is 2.13. The number of hydrogen-bond acceptors (Lipinski definition) is 4. The molecule has 8 heteroatoms. The zero-order valence-corrected chi connectivity index (χ0v) is 11.2. The lowest BCUT2D eigenvalue weighted by Crippen LogP contribution is -2.01. The lowest BCUT2D eigenvalue weighted by molar-refractivity contribution is 0.625. The van der Waals surface area contributed by atoms with E-state index in [9.17, 15) is 8.78 Å². The van der Waals surface area contributed by atoms with Crippen LogP contribution in [0.3, 0.4) is 0 Å². The smallest absolute Gasteiger partial charge is 0.187 e. The fraction of sp³-hybridized carbons (Fsp3) is 0. The van der Waals surface area contributed by atoms with Crippen LogP contribution in [0.15, 0.2) is 36.4 Å². The number of benzene rings is 2. The van der Waals surface area contributed by atoms with Crippen molar-refractivity contribution in [2.24, 2.45) is 0 Å². The summed E-state index contributed by atoms with van der Waals surface area (Å²) in [6.07, 6.45) is 0. The molecule has 0 saturated carbocycles. The van der Waals surface area contributed by atoms with Gasteiger partial charge in [-0.05, 0) is 46.8 Å². The maximum atomic E-state index is 13.4. The number of aromatic nitrogens is 4. The normalized spacial score (nSPS) is 10.8. The van der Waals surface area contributed by atoms with E-state index < -0.39 is 11.6 Å². The molecule has 2 aromatic carbocycles. The highest BCUT2D eigenvalue weighted by Crippen LogP contribution is 2.24. The Bertz CT molecular complexity index is 798. The first kappa shape index (κ1) is 13.4. The van der Waals surface area contributed by atoms with Gasteiger partial charge in [0.1, 0.15) is 11.6 Å². The molecular formula is C13H8ClF2N5. The van der Waals surface area contributed by atoms with E-state index in [4.69, 9.17) is 17.3 Å². The largest absolute Gasteiger partial charge is 0.396 e. The van der Waals surface area contributed by atoms with E-state index in [1.54, 1.807) is 0 Å². The van der Waals surface area contributed by atoms with E-state index in [0.717, 1.165) is 0 Å². The molecule has 3 rings (SSSR count). The molecule has 0 aliphatic carbocycles. The predicted octanol–water partition coefficient (Wildman–Crippen LogP) is 2.84. The molecular weight excluding hydrogens is 300 g/mol. The molecule has 21 heavy (non-hydrogen) atoms. The minimum absolute atomic E-state index is 0.0284. The van der Waals surface area contributed by atoms with Gasteiger partial charge in [-0.15, -0.1) is 5.10 Å². The van der Waals surface area contributed by atoms with Crippen LogP contribution in [-0.2, 0) is 0 Å². The number of rotatable bonds is 2. The molecule has 2 N–H and O–H groups in total. The fourth-order valence-electron chi connectivity index (χ4n) is 1.89. The van der Waals surface area contributed by atoms with Crippen LogP contribution in [0.2, 0.25) is 5.02 Å². The zero-order valence-electron chi connectivity index (χ0n) is 10.5. The van der Waals surface area contributed by atoms with Gasteiger partial charge in [-0.25, -0.2) is 8.78 Å². The maximum absolute atomic E-state index is 13.4. The number of nitrogens with zero attached hydrogens (tertiary/aromatic N) is 4. The summed E-state index contributed by atoms with van der Waals surface area (Å²) >= 11 is 5.82. The minimum atomic E-state index is -0.536. The standard InChI is InChI=1S/C13H8ClF2N5/c14-8-4-9(15)6-10(5-8)21-13(18-19-20-21)7-1-2-11(16)12(17)3-7/h1-6H,17H2. The Morgan fingerprint density at radius 3 is 2.62 bits per heavy atom. The third-order valence-corrected chi connectivity index (χ3v) is 3.03. The SMILES string of the molecule is Nc1cc(-c2nnnn2-c2cc(F)cc(Cl)c2)ccc1F. The van der Waals surface area contributed by atoms with Crippen molar-refractivity contribution in [1.82, 2.24) is 20.2 Å². The maximum Gasteiger partial charge on any atom is 0.187 e. The van der Waals surface area contributed by atoms with E-state index in [-0.39, 0.29) is 10.7 Å². The molecule has 0 saturated heterocycles. The quantitative estimate of drug-likeness (QED) is 0.739. The number of anilines is 1. The van der Waals surface area contributed by atoms with Gasteiger partial charge in [0.25, 0.3) is 0 Å². The van der Waals surface area contributed by atoms with Gasteiger partial charge in [0.15, 0.2) is 5.82 Å². The lowest BCUT2D eigenvalue weighted by Gasteiger charge is -2.06. The molecule has 3 aromatic rings. The Morgan fingerprint density at radius 1 is 1.10 bits per heavy atom. The highest BCUT2D eigenvalue weighted by molar-refractivity contribution is 6.30. The summed E-state index contributed by atoms with van der Waals surface area (Å²) in [5.74, 6) is -0.757. The Hall–Kier alpha value is -2.54. The van der Waals surface area contributed by atoms with Crippen LogP contribution >= 0.6 is 11.6 Å². The van der Waals surface area contributed by atoms with Gasteiger partial charge in [-0.3, -0.25) is 0 Å². The second kappa shape index (κ2) is 5.10. The van der Waals surface area contributed by atoms with Crippen LogP contribution in [0.1, 0.15) is 0 Å². The summed E-state index contributed by atoms with van der Waals surface area (Å²) < 4.78 is 27.9. The van der Waals surface area contributed by atoms with E-state index in [1.165, 1.54) is 41.1 Å². The molecule has 0 atom stereocenters. The molecule has 0 fully saturated rings. The molecule has 0 aliphatic rings. The van der Waals surface area contributed by atoms with Gasteiger partial charge < -0.3 is 5.73 Å². The highest BCUT2D eigenvalue weighted by atomic mass is 35.5. The van der Waals surface area contributed by atoms with Gasteiger partial charge in [0.2, 0.25) is 0 Å². The number of nitrogen functional groups attached to an aromatic ring is 1. The summed E-state index contributed by atoms with van der Waals surface area (Å²) in [5.41, 5.74) is 6.35. The first-order valence-electron chi connectivity index (χ1n) is 5.85. The van der Waals surface area contributed by atoms with Crippen molar-refractivity contribution in [3.63, 3.8) is 0 Å². The van der Waals surface area contributed by atoms with Crippen LogP contribution in [0.4, 0.5) is 14.5 Å². The minimum Gasteiger partial charge on any atom is -0.396 e. The second-order valence-electron chi connectivity index (χ2n) is 4.28. The zero-order chi connectivity index (χ0) is 15.0. The van der Waals surface area contributed by atoms with Gasteiger partial charge in [0, 0.05) is 10.6 Å². The van der Waals surface area contributed by atoms with Gasteiger partial charge in [-0.2, -0.15) is 4.68 Å². The molecule has 5 nitrogen and oxygen atoms in total.